The van der Waals surface area contributed by atoms with Crippen molar-refractivity contribution in [3.63, 3.8) is 0 Å². The van der Waals surface area contributed by atoms with Crippen LogP contribution in [-0.4, -0.2) is 24.1 Å². The highest BCUT2D eigenvalue weighted by molar-refractivity contribution is 7.26. The first-order valence-electron chi connectivity index (χ1n) is 8.11. The maximum atomic E-state index is 14.6. The molecule has 1 aliphatic rings. The van der Waals surface area contributed by atoms with Crippen molar-refractivity contribution in [3.05, 3.63) is 51.7 Å². The first-order valence-corrected chi connectivity index (χ1v) is 10.6. The van der Waals surface area contributed by atoms with E-state index in [1.54, 1.807) is 23.6 Å². The van der Waals surface area contributed by atoms with E-state index >= 15 is 0 Å². The van der Waals surface area contributed by atoms with Crippen LogP contribution in [0.5, 0.6) is 0 Å². The smallest absolute Gasteiger partial charge is 0.297 e. The van der Waals surface area contributed by atoms with Crippen LogP contribution >= 0.6 is 34.0 Å². The highest BCUT2D eigenvalue weighted by Gasteiger charge is 2.79. The molecule has 0 N–H and O–H groups in total. The molecule has 0 amide bonds. The van der Waals surface area contributed by atoms with Gasteiger partial charge in [0.1, 0.15) is 0 Å². The second-order valence-electron chi connectivity index (χ2n) is 6.37. The first-order chi connectivity index (χ1) is 13.5. The molecule has 0 aliphatic heterocycles. The van der Waals surface area contributed by atoms with Crippen molar-refractivity contribution in [2.75, 3.05) is 0 Å². The number of hydrogen-bond donors (Lipinski definition) is 0. The number of hydrogen-bond acceptors (Lipinski definition) is 4. The number of halogens is 6. The zero-order chi connectivity index (χ0) is 21.2. The number of allylic oxidation sites excluding steroid dienone is 2. The van der Waals surface area contributed by atoms with E-state index in [2.05, 4.69) is 0 Å². The van der Waals surface area contributed by atoms with Gasteiger partial charge in [0.05, 0.1) is 9.75 Å². The molecule has 1 aliphatic carbocycles. The van der Waals surface area contributed by atoms with E-state index in [9.17, 15) is 31.1 Å². The number of carbonyl (C=O) groups excluding carboxylic acids is 1. The highest BCUT2D eigenvalue weighted by atomic mass is 32.1. The fraction of sp³-hybridized carbons (Fsp3) is 0.211. The van der Waals surface area contributed by atoms with Crippen molar-refractivity contribution in [3.8, 4) is 19.5 Å². The summed E-state index contributed by atoms with van der Waals surface area (Å²) in [6.07, 6.45) is 0.627. The van der Waals surface area contributed by atoms with Gasteiger partial charge in [-0.3, -0.25) is 4.79 Å². The van der Waals surface area contributed by atoms with E-state index < -0.39 is 28.9 Å². The van der Waals surface area contributed by atoms with Crippen molar-refractivity contribution < 1.29 is 31.1 Å². The molecule has 0 radical (unpaired) electrons. The van der Waals surface area contributed by atoms with Crippen LogP contribution in [0.25, 0.3) is 25.1 Å². The quantitative estimate of drug-likeness (QED) is 0.285. The van der Waals surface area contributed by atoms with E-state index in [4.69, 9.17) is 0 Å². The van der Waals surface area contributed by atoms with Gasteiger partial charge in [0, 0.05) is 31.3 Å². The van der Waals surface area contributed by atoms with Gasteiger partial charge in [-0.2, -0.15) is 26.3 Å². The zero-order valence-electron chi connectivity index (χ0n) is 14.4. The maximum Gasteiger partial charge on any atom is 0.380 e. The Bertz CT molecular complexity index is 1120. The Hall–Kier alpha value is -1.91. The predicted octanol–water partition coefficient (Wildman–Crippen LogP) is 7.71. The average molecular weight is 464 g/mol. The summed E-state index contributed by atoms with van der Waals surface area (Å²) in [7, 11) is 0. The van der Waals surface area contributed by atoms with E-state index in [1.807, 2.05) is 0 Å². The van der Waals surface area contributed by atoms with E-state index in [-0.39, 0.29) is 10.4 Å². The van der Waals surface area contributed by atoms with Crippen molar-refractivity contribution in [1.82, 2.24) is 0 Å². The van der Waals surface area contributed by atoms with E-state index in [0.29, 0.717) is 32.7 Å². The maximum absolute atomic E-state index is 14.6. The van der Waals surface area contributed by atoms with E-state index in [0.717, 1.165) is 22.7 Å². The Balaban J connectivity index is 1.98. The number of aldehydes is 1. The molecular formula is C19H10F6OS3. The summed E-state index contributed by atoms with van der Waals surface area (Å²) < 4.78 is 85.3. The van der Waals surface area contributed by atoms with E-state index in [1.165, 1.54) is 23.5 Å². The Kier molecular flexibility index (Phi) is 4.60. The van der Waals surface area contributed by atoms with Crippen LogP contribution in [0.4, 0.5) is 26.3 Å². The molecule has 0 unspecified atom stereocenters. The Morgan fingerprint density at radius 3 is 2.14 bits per heavy atom. The predicted molar refractivity (Wildman–Crippen MR) is 104 cm³/mol. The summed E-state index contributed by atoms with van der Waals surface area (Å²) in [5.41, 5.74) is -3.02. The third kappa shape index (κ3) is 2.76. The lowest BCUT2D eigenvalue weighted by Crippen LogP contribution is -2.48. The van der Waals surface area contributed by atoms with Gasteiger partial charge in [0.15, 0.2) is 6.29 Å². The first kappa shape index (κ1) is 20.4. The summed E-state index contributed by atoms with van der Waals surface area (Å²) in [5.74, 6) is -15.5. The minimum atomic E-state index is -5.53. The molecule has 0 saturated carbocycles. The van der Waals surface area contributed by atoms with Crippen molar-refractivity contribution in [2.45, 2.75) is 24.7 Å². The zero-order valence-corrected chi connectivity index (χ0v) is 16.9. The SMILES string of the molecule is CC1=C(c2cc(-c3ccc(C=O)s3)sc2-c2cccs2)C(F)(F)C(F)(F)C1(F)F. The molecule has 29 heavy (non-hydrogen) atoms. The Morgan fingerprint density at radius 1 is 0.897 bits per heavy atom. The third-order valence-corrected chi connectivity index (χ3v) is 8.07. The van der Waals surface area contributed by atoms with Crippen molar-refractivity contribution >= 4 is 45.9 Å². The molecule has 0 atom stereocenters. The molecule has 0 bridgehead atoms. The molecule has 0 aromatic carbocycles. The van der Waals surface area contributed by atoms with Crippen LogP contribution in [-0.2, 0) is 0 Å². The summed E-state index contributed by atoms with van der Waals surface area (Å²) in [5, 5.41) is 1.67. The van der Waals surface area contributed by atoms with Crippen LogP contribution in [0.15, 0.2) is 41.3 Å². The molecule has 10 heteroatoms. The number of carbonyl (C=O) groups is 1. The molecule has 152 valence electrons. The number of thiophene rings is 3. The van der Waals surface area contributed by atoms with Gasteiger partial charge in [-0.1, -0.05) is 6.07 Å². The lowest BCUT2D eigenvalue weighted by molar-refractivity contribution is -0.259. The third-order valence-electron chi connectivity index (χ3n) is 4.68. The van der Waals surface area contributed by atoms with Gasteiger partial charge in [-0.05, 0) is 36.6 Å². The topological polar surface area (TPSA) is 17.1 Å². The second kappa shape index (κ2) is 6.55. The molecule has 0 fully saturated rings. The summed E-state index contributed by atoms with van der Waals surface area (Å²) in [6.45, 7) is 0.620. The average Bonchev–Trinajstić information content (AvgIpc) is 3.41. The minimum Gasteiger partial charge on any atom is -0.297 e. The van der Waals surface area contributed by atoms with Crippen molar-refractivity contribution in [2.24, 2.45) is 0 Å². The van der Waals surface area contributed by atoms with Gasteiger partial charge < -0.3 is 0 Å². The van der Waals surface area contributed by atoms with Gasteiger partial charge in [0.2, 0.25) is 0 Å². The largest absolute Gasteiger partial charge is 0.380 e. The molecule has 0 spiro atoms. The monoisotopic (exact) mass is 464 g/mol. The number of rotatable bonds is 4. The van der Waals surface area contributed by atoms with Gasteiger partial charge in [0.25, 0.3) is 0 Å². The molecule has 3 aromatic heterocycles. The summed E-state index contributed by atoms with van der Waals surface area (Å²) in [6, 6.07) is 7.61. The molecule has 3 aromatic rings. The van der Waals surface area contributed by atoms with Gasteiger partial charge >= 0.3 is 17.8 Å². The highest BCUT2D eigenvalue weighted by Crippen LogP contribution is 2.63. The summed E-state index contributed by atoms with van der Waals surface area (Å²) in [4.78, 5) is 13.0. The minimum absolute atomic E-state index is 0.207. The molecule has 3 heterocycles. The Morgan fingerprint density at radius 2 is 1.62 bits per heavy atom. The Labute approximate surface area is 172 Å². The van der Waals surface area contributed by atoms with Crippen LogP contribution in [0.1, 0.15) is 22.2 Å². The molecular weight excluding hydrogens is 454 g/mol. The van der Waals surface area contributed by atoms with Gasteiger partial charge in [-0.15, -0.1) is 34.0 Å². The fourth-order valence-electron chi connectivity index (χ4n) is 3.19. The molecule has 1 nitrogen and oxygen atoms in total. The lowest BCUT2D eigenvalue weighted by Gasteiger charge is -2.25. The normalized spacial score (nSPS) is 19.7. The number of alkyl halides is 6. The van der Waals surface area contributed by atoms with Gasteiger partial charge in [-0.25, -0.2) is 0 Å². The second-order valence-corrected chi connectivity index (χ2v) is 9.49. The van der Waals surface area contributed by atoms with Crippen LogP contribution < -0.4 is 0 Å². The summed E-state index contributed by atoms with van der Waals surface area (Å²) >= 11 is 3.31. The lowest BCUT2D eigenvalue weighted by atomic mass is 9.99. The van der Waals surface area contributed by atoms with Crippen LogP contribution in [0, 0.1) is 0 Å². The molecule has 0 saturated heterocycles. The van der Waals surface area contributed by atoms with Crippen molar-refractivity contribution in [1.29, 1.82) is 0 Å². The fourth-order valence-corrected chi connectivity index (χ4v) is 6.13. The molecule has 4 rings (SSSR count). The standard InChI is InChI=1S/C19H10F6OS3/c1-9-15(18(22,23)19(24,25)17(9,20)21)11-7-14(12-5-4-10(8-26)28-12)29-16(11)13-3-2-6-27-13/h2-8H,1H3. The van der Waals surface area contributed by atoms with Crippen LogP contribution in [0.3, 0.4) is 0 Å². The van der Waals surface area contributed by atoms with Crippen LogP contribution in [0.2, 0.25) is 0 Å².